The first-order valence-electron chi connectivity index (χ1n) is 7.37. The molecule has 166 valence electrons. The molecular formula is C10H17N2O14P3. The molecule has 0 bridgehead atoms. The summed E-state index contributed by atoms with van der Waals surface area (Å²) in [4.78, 5) is 47.7. The van der Waals surface area contributed by atoms with Crippen LogP contribution < -0.4 is 5.32 Å². The van der Waals surface area contributed by atoms with Crippen LogP contribution in [-0.2, 0) is 36.4 Å². The van der Waals surface area contributed by atoms with Crippen LogP contribution in [0.15, 0.2) is 24.7 Å². The Balaban J connectivity index is 2.00. The lowest BCUT2D eigenvalue weighted by molar-refractivity contribution is -0.118. The van der Waals surface area contributed by atoms with Gasteiger partial charge in [0.25, 0.3) is 5.91 Å². The maximum atomic E-state index is 11.7. The Labute approximate surface area is 162 Å². The number of phosphoric acid groups is 3. The Morgan fingerprint density at radius 3 is 2.28 bits per heavy atom. The summed E-state index contributed by atoms with van der Waals surface area (Å²) in [5.74, 6) is -0.495. The van der Waals surface area contributed by atoms with Gasteiger partial charge in [0.2, 0.25) is 0 Å². The van der Waals surface area contributed by atoms with E-state index >= 15 is 0 Å². The van der Waals surface area contributed by atoms with E-state index < -0.39 is 60.5 Å². The maximum Gasteiger partial charge on any atom is 0.490 e. The molecule has 16 nitrogen and oxygen atoms in total. The molecule has 0 aliphatic carbocycles. The van der Waals surface area contributed by atoms with E-state index in [2.05, 4.69) is 25.0 Å². The van der Waals surface area contributed by atoms with Gasteiger partial charge in [-0.05, 0) is 0 Å². The van der Waals surface area contributed by atoms with Gasteiger partial charge in [-0.15, -0.1) is 0 Å². The van der Waals surface area contributed by atoms with Crippen LogP contribution in [0, 0.1) is 0 Å². The van der Waals surface area contributed by atoms with Crippen LogP contribution in [0.5, 0.6) is 0 Å². The average Bonchev–Trinajstić information content (AvgIpc) is 2.78. The minimum absolute atomic E-state index is 0.00212. The van der Waals surface area contributed by atoms with Gasteiger partial charge in [-0.2, -0.15) is 8.62 Å². The fourth-order valence-corrected chi connectivity index (χ4v) is 5.32. The van der Waals surface area contributed by atoms with E-state index in [4.69, 9.17) is 19.4 Å². The summed E-state index contributed by atoms with van der Waals surface area (Å²) in [6.45, 7) is 2.56. The predicted molar refractivity (Wildman–Crippen MR) is 88.8 cm³/mol. The van der Waals surface area contributed by atoms with Crippen molar-refractivity contribution in [3.8, 4) is 0 Å². The molecule has 6 atom stereocenters. The van der Waals surface area contributed by atoms with E-state index in [0.29, 0.717) is 0 Å². The summed E-state index contributed by atoms with van der Waals surface area (Å²) in [5, 5.41) is 22.4. The zero-order valence-corrected chi connectivity index (χ0v) is 16.8. The van der Waals surface area contributed by atoms with Gasteiger partial charge < -0.3 is 44.7 Å². The van der Waals surface area contributed by atoms with Crippen LogP contribution in [0.2, 0.25) is 0 Å². The Bertz CT molecular complexity index is 839. The van der Waals surface area contributed by atoms with Crippen LogP contribution >= 0.6 is 23.5 Å². The van der Waals surface area contributed by atoms with Gasteiger partial charge in [-0.25, -0.2) is 13.7 Å². The molecule has 0 radical (unpaired) electrons. The average molecular weight is 482 g/mol. The molecule has 29 heavy (non-hydrogen) atoms. The number of aliphatic hydroxyl groups is 2. The monoisotopic (exact) mass is 482 g/mol. The Morgan fingerprint density at radius 1 is 1.10 bits per heavy atom. The van der Waals surface area contributed by atoms with Crippen molar-refractivity contribution >= 4 is 29.4 Å². The number of carbonyl (C=O) groups excluding carboxylic acids is 1. The molecule has 3 unspecified atom stereocenters. The first-order valence-corrected chi connectivity index (χ1v) is 11.9. The fourth-order valence-electron chi connectivity index (χ4n) is 2.29. The third kappa shape index (κ3) is 6.77. The summed E-state index contributed by atoms with van der Waals surface area (Å²) in [7, 11) is -16.7. The molecule has 0 aromatic carbocycles. The van der Waals surface area contributed by atoms with Crippen LogP contribution in [-0.4, -0.2) is 71.7 Å². The van der Waals surface area contributed by atoms with Crippen LogP contribution in [0.4, 0.5) is 0 Å². The number of carbonyl (C=O) groups is 1. The van der Waals surface area contributed by atoms with Crippen molar-refractivity contribution in [3.63, 3.8) is 0 Å². The van der Waals surface area contributed by atoms with Crippen molar-refractivity contribution in [2.45, 2.75) is 24.5 Å². The van der Waals surface area contributed by atoms with Crippen molar-refractivity contribution in [1.82, 2.24) is 10.2 Å². The molecule has 1 fully saturated rings. The Morgan fingerprint density at radius 2 is 1.72 bits per heavy atom. The number of phosphoric ester groups is 1. The van der Waals surface area contributed by atoms with Gasteiger partial charge in [-0.3, -0.25) is 9.32 Å². The third-order valence-electron chi connectivity index (χ3n) is 3.39. The molecule has 7 N–H and O–H groups in total. The zero-order valence-electron chi connectivity index (χ0n) is 14.1. The number of hydrogen-bond acceptors (Lipinski definition) is 11. The second-order valence-corrected chi connectivity index (χ2v) is 10.0. The summed E-state index contributed by atoms with van der Waals surface area (Å²) in [6, 6.07) is 0. The van der Waals surface area contributed by atoms with Crippen LogP contribution in [0.25, 0.3) is 0 Å². The molecule has 19 heteroatoms. The van der Waals surface area contributed by atoms with E-state index in [1.54, 1.807) is 0 Å². The molecule has 0 aromatic heterocycles. The first kappa shape index (κ1) is 24.3. The van der Waals surface area contributed by atoms with Gasteiger partial charge in [0.15, 0.2) is 6.23 Å². The fraction of sp³-hybridized carbons (Fsp3) is 0.500. The molecule has 0 saturated carbocycles. The number of aliphatic hydroxyl groups excluding tert-OH is 2. The predicted octanol–water partition coefficient (Wildman–Crippen LogP) is -1.81. The minimum atomic E-state index is -5.70. The molecule has 2 heterocycles. The summed E-state index contributed by atoms with van der Waals surface area (Å²) in [6.07, 6.45) is -3.74. The number of rotatable bonds is 8. The van der Waals surface area contributed by atoms with Crippen LogP contribution in [0.3, 0.4) is 0 Å². The van der Waals surface area contributed by atoms with Gasteiger partial charge in [-0.1, -0.05) is 6.58 Å². The third-order valence-corrected chi connectivity index (χ3v) is 7.20. The topological polar surface area (TPSA) is 242 Å². The first-order chi connectivity index (χ1) is 13.1. The number of nitrogens with one attached hydrogen (secondary N) is 1. The smallest absolute Gasteiger partial charge is 0.387 e. The van der Waals surface area contributed by atoms with Crippen molar-refractivity contribution < 1.29 is 66.2 Å². The zero-order chi connectivity index (χ0) is 22.2. The van der Waals surface area contributed by atoms with Gasteiger partial charge in [0.1, 0.15) is 24.1 Å². The second-order valence-electron chi connectivity index (χ2n) is 5.59. The molecule has 1 amide bonds. The number of hydrogen-bond donors (Lipinski definition) is 7. The second kappa shape index (κ2) is 8.65. The highest BCUT2D eigenvalue weighted by molar-refractivity contribution is 7.66. The molecule has 2 aliphatic heterocycles. The van der Waals surface area contributed by atoms with E-state index in [-0.39, 0.29) is 5.82 Å². The standard InChI is InChI=1S/C10H17N2O14P3/c1-5-11-7(13)2-3-12(5)10-9(15)8(14)6(24-10)4-23-28(19,20)26-29(21,22)25-27(16,17)18/h2-3,6,8-10,14-15H,1,4H2,(H,11,13)(H,19,20)(H,21,22)(H2,16,17,18)/t6-,8+,9?,10-/m1/s1. The Kier molecular flexibility index (Phi) is 7.25. The Hall–Kier alpha value is -0.960. The van der Waals surface area contributed by atoms with Crippen molar-refractivity contribution in [2.75, 3.05) is 6.61 Å². The van der Waals surface area contributed by atoms with Crippen LogP contribution in [0.1, 0.15) is 0 Å². The lowest BCUT2D eigenvalue weighted by Crippen LogP contribution is -2.46. The lowest BCUT2D eigenvalue weighted by Gasteiger charge is -2.32. The molecule has 2 aliphatic rings. The molecule has 0 aromatic rings. The van der Waals surface area contributed by atoms with Crippen molar-refractivity contribution in [2.24, 2.45) is 0 Å². The summed E-state index contributed by atoms with van der Waals surface area (Å²) in [5.41, 5.74) is 0. The molecule has 0 spiro atoms. The lowest BCUT2D eigenvalue weighted by atomic mass is 10.1. The van der Waals surface area contributed by atoms with Gasteiger partial charge in [0.05, 0.1) is 6.61 Å². The largest absolute Gasteiger partial charge is 0.490 e. The van der Waals surface area contributed by atoms with E-state index in [9.17, 15) is 33.6 Å². The molecule has 2 rings (SSSR count). The number of ether oxygens (including phenoxy) is 1. The minimum Gasteiger partial charge on any atom is -0.387 e. The summed E-state index contributed by atoms with van der Waals surface area (Å²) < 4.78 is 50.2. The highest BCUT2D eigenvalue weighted by Crippen LogP contribution is 2.66. The van der Waals surface area contributed by atoms with Gasteiger partial charge >= 0.3 is 23.5 Å². The number of amides is 1. The molecule has 1 saturated heterocycles. The van der Waals surface area contributed by atoms with E-state index in [0.717, 1.165) is 11.0 Å². The highest BCUT2D eigenvalue weighted by atomic mass is 31.3. The highest BCUT2D eigenvalue weighted by Gasteiger charge is 2.48. The quantitative estimate of drug-likeness (QED) is 0.189. The number of nitrogens with zero attached hydrogens (tertiary/aromatic N) is 1. The van der Waals surface area contributed by atoms with Crippen molar-refractivity contribution in [1.29, 1.82) is 0 Å². The van der Waals surface area contributed by atoms with E-state index in [1.165, 1.54) is 6.20 Å². The maximum absolute atomic E-state index is 11.7. The normalized spacial score (nSPS) is 32.0. The van der Waals surface area contributed by atoms with Gasteiger partial charge in [0, 0.05) is 12.3 Å². The SMILES string of the molecule is C=C1NC(=O)C=CN1[C@@H]1O[C@H](COP(=O)(O)OP(=O)(O)OP(=O)(O)O)[C@H](O)C1O. The van der Waals surface area contributed by atoms with Crippen molar-refractivity contribution in [3.05, 3.63) is 24.7 Å². The molecular weight excluding hydrogens is 465 g/mol. The summed E-state index contributed by atoms with van der Waals surface area (Å²) >= 11 is 0. The van der Waals surface area contributed by atoms with E-state index in [1.807, 2.05) is 0 Å².